The van der Waals surface area contributed by atoms with Gasteiger partial charge in [0.1, 0.15) is 18.1 Å². The number of carboxylic acid groups (broad SMARTS) is 1. The van der Waals surface area contributed by atoms with Crippen LogP contribution in [-0.4, -0.2) is 76.4 Å². The van der Waals surface area contributed by atoms with Crippen LogP contribution in [0.3, 0.4) is 0 Å². The molecule has 5 atom stereocenters. The molecule has 0 aromatic rings. The Morgan fingerprint density at radius 3 is 2.41 bits per heavy atom. The first-order chi connectivity index (χ1) is 13.6. The van der Waals surface area contributed by atoms with Crippen molar-refractivity contribution in [3.8, 4) is 0 Å². The van der Waals surface area contributed by atoms with Crippen molar-refractivity contribution in [2.75, 3.05) is 18.6 Å². The van der Waals surface area contributed by atoms with Gasteiger partial charge in [0, 0.05) is 6.54 Å². The van der Waals surface area contributed by atoms with Gasteiger partial charge in [-0.2, -0.15) is 11.8 Å². The van der Waals surface area contributed by atoms with Crippen LogP contribution < -0.4 is 16.4 Å². The molecule has 1 heterocycles. The molecule has 0 aliphatic carbocycles. The Balaban J connectivity index is 2.93. The number of likely N-dealkylation sites (tertiary alicyclic amines) is 1. The molecule has 5 N–H and O–H groups in total. The van der Waals surface area contributed by atoms with Crippen LogP contribution in [0, 0.1) is 5.92 Å². The largest absolute Gasteiger partial charge is 0.480 e. The van der Waals surface area contributed by atoms with Gasteiger partial charge in [-0.25, -0.2) is 4.79 Å². The van der Waals surface area contributed by atoms with Gasteiger partial charge < -0.3 is 26.4 Å². The minimum Gasteiger partial charge on any atom is -0.480 e. The fourth-order valence-electron chi connectivity index (χ4n) is 3.21. The maximum atomic E-state index is 13.2. The molecule has 0 aromatic carbocycles. The lowest BCUT2D eigenvalue weighted by Gasteiger charge is -2.32. The Morgan fingerprint density at radius 1 is 1.24 bits per heavy atom. The van der Waals surface area contributed by atoms with Gasteiger partial charge in [-0.15, -0.1) is 0 Å². The predicted octanol–water partition coefficient (Wildman–Crippen LogP) is 0.178. The maximum Gasteiger partial charge on any atom is 0.326 e. The van der Waals surface area contributed by atoms with Gasteiger partial charge in [0.15, 0.2) is 0 Å². The number of carbonyl (C=O) groups is 4. The summed E-state index contributed by atoms with van der Waals surface area (Å²) in [5.41, 5.74) is 5.62. The smallest absolute Gasteiger partial charge is 0.326 e. The molecule has 166 valence electrons. The van der Waals surface area contributed by atoms with Crippen molar-refractivity contribution >= 4 is 35.5 Å². The molecule has 1 rings (SSSR count). The van der Waals surface area contributed by atoms with Gasteiger partial charge in [0.25, 0.3) is 0 Å². The normalized spacial score (nSPS) is 20.4. The van der Waals surface area contributed by atoms with Gasteiger partial charge in [-0.1, -0.05) is 20.3 Å². The minimum absolute atomic E-state index is 0.136. The highest BCUT2D eigenvalue weighted by Crippen LogP contribution is 2.22. The van der Waals surface area contributed by atoms with Crippen molar-refractivity contribution < 1.29 is 24.3 Å². The fraction of sp³-hybridized carbons (Fsp3) is 0.789. The van der Waals surface area contributed by atoms with Crippen LogP contribution in [-0.2, 0) is 19.2 Å². The second-order valence-corrected chi connectivity index (χ2v) is 8.52. The predicted molar refractivity (Wildman–Crippen MR) is 112 cm³/mol. The number of rotatable bonds is 11. The van der Waals surface area contributed by atoms with Crippen LogP contribution >= 0.6 is 11.8 Å². The average Bonchev–Trinajstić information content (AvgIpc) is 3.17. The molecule has 3 amide bonds. The van der Waals surface area contributed by atoms with Crippen molar-refractivity contribution in [1.82, 2.24) is 15.5 Å². The summed E-state index contributed by atoms with van der Waals surface area (Å²) < 4.78 is 0. The summed E-state index contributed by atoms with van der Waals surface area (Å²) in [6.07, 6.45) is 3.93. The van der Waals surface area contributed by atoms with Gasteiger partial charge >= 0.3 is 5.97 Å². The summed E-state index contributed by atoms with van der Waals surface area (Å²) in [6.45, 7) is 5.71. The molecule has 0 saturated carbocycles. The average molecular weight is 431 g/mol. The molecule has 0 spiro atoms. The molecule has 0 radical (unpaired) electrons. The topological polar surface area (TPSA) is 142 Å². The standard InChI is InChI=1S/C19H34N4O5S/c1-5-11(2)15(22-16(24)12(3)20)18(26)23-9-6-7-14(23)17(25)21-13(19(27)28)8-10-29-4/h11-15H,5-10,20H2,1-4H3,(H,21,25)(H,22,24)(H,27,28)/t11-,12-,13+,14+,15-/m1/s1. The van der Waals surface area contributed by atoms with E-state index in [2.05, 4.69) is 10.6 Å². The van der Waals surface area contributed by atoms with Crippen molar-refractivity contribution in [1.29, 1.82) is 0 Å². The second-order valence-electron chi connectivity index (χ2n) is 7.53. The SMILES string of the molecule is CC[C@@H](C)[C@@H](NC(=O)[C@@H](C)N)C(=O)N1CCC[C@H]1C(=O)N[C@@H](CCSC)C(=O)O. The van der Waals surface area contributed by atoms with Crippen molar-refractivity contribution in [2.24, 2.45) is 11.7 Å². The van der Waals surface area contributed by atoms with E-state index in [1.165, 1.54) is 16.7 Å². The highest BCUT2D eigenvalue weighted by molar-refractivity contribution is 7.98. The molecule has 1 aliphatic heterocycles. The third kappa shape index (κ3) is 7.18. The van der Waals surface area contributed by atoms with Crippen molar-refractivity contribution in [2.45, 2.75) is 70.6 Å². The lowest BCUT2D eigenvalue weighted by molar-refractivity contribution is -0.145. The molecule has 0 unspecified atom stereocenters. The highest BCUT2D eigenvalue weighted by atomic mass is 32.2. The summed E-state index contributed by atoms with van der Waals surface area (Å²) in [6, 6.07) is -3.26. The lowest BCUT2D eigenvalue weighted by atomic mass is 9.97. The van der Waals surface area contributed by atoms with Crippen LogP contribution in [0.4, 0.5) is 0 Å². The Labute approximate surface area is 176 Å². The Bertz CT molecular complexity index is 601. The Kier molecular flexibility index (Phi) is 10.5. The number of nitrogens with one attached hydrogen (secondary N) is 2. The highest BCUT2D eigenvalue weighted by Gasteiger charge is 2.40. The zero-order chi connectivity index (χ0) is 22.1. The van der Waals surface area contributed by atoms with E-state index < -0.39 is 42.0 Å². The molecule has 10 heteroatoms. The first-order valence-corrected chi connectivity index (χ1v) is 11.4. The van der Waals surface area contributed by atoms with E-state index in [0.29, 0.717) is 38.0 Å². The summed E-state index contributed by atoms with van der Waals surface area (Å²) in [4.78, 5) is 50.9. The molecular formula is C19H34N4O5S. The van der Waals surface area contributed by atoms with Crippen molar-refractivity contribution in [3.63, 3.8) is 0 Å². The zero-order valence-electron chi connectivity index (χ0n) is 17.6. The molecule has 1 aliphatic rings. The second kappa shape index (κ2) is 12.0. The van der Waals surface area contributed by atoms with E-state index in [4.69, 9.17) is 5.73 Å². The van der Waals surface area contributed by atoms with E-state index >= 15 is 0 Å². The fourth-order valence-corrected chi connectivity index (χ4v) is 3.68. The van der Waals surface area contributed by atoms with Gasteiger partial charge in [-0.05, 0) is 44.1 Å². The van der Waals surface area contributed by atoms with E-state index in [9.17, 15) is 24.3 Å². The third-order valence-electron chi connectivity index (χ3n) is 5.25. The summed E-state index contributed by atoms with van der Waals surface area (Å²) >= 11 is 1.50. The van der Waals surface area contributed by atoms with E-state index in [1.54, 1.807) is 6.92 Å². The van der Waals surface area contributed by atoms with Gasteiger partial charge in [0.05, 0.1) is 6.04 Å². The quantitative estimate of drug-likeness (QED) is 0.366. The summed E-state index contributed by atoms with van der Waals surface area (Å²) in [7, 11) is 0. The number of nitrogens with zero attached hydrogens (tertiary/aromatic N) is 1. The first-order valence-electron chi connectivity index (χ1n) is 10.0. The molecule has 1 saturated heterocycles. The zero-order valence-corrected chi connectivity index (χ0v) is 18.5. The molecule has 0 bridgehead atoms. The van der Waals surface area contributed by atoms with Crippen LogP contribution in [0.2, 0.25) is 0 Å². The Hall–Kier alpha value is -1.81. The number of nitrogens with two attached hydrogens (primary N) is 1. The third-order valence-corrected chi connectivity index (χ3v) is 5.90. The molecule has 29 heavy (non-hydrogen) atoms. The number of aliphatic carboxylic acids is 1. The number of carboxylic acids is 1. The van der Waals surface area contributed by atoms with E-state index in [-0.39, 0.29) is 11.8 Å². The minimum atomic E-state index is -1.09. The Morgan fingerprint density at radius 2 is 1.90 bits per heavy atom. The molecule has 9 nitrogen and oxygen atoms in total. The molecule has 1 fully saturated rings. The maximum absolute atomic E-state index is 13.2. The van der Waals surface area contributed by atoms with Crippen LogP contribution in [0.25, 0.3) is 0 Å². The number of hydrogen-bond acceptors (Lipinski definition) is 6. The van der Waals surface area contributed by atoms with Gasteiger partial charge in [0.2, 0.25) is 17.7 Å². The number of carbonyl (C=O) groups excluding carboxylic acids is 3. The van der Waals surface area contributed by atoms with Crippen molar-refractivity contribution in [3.05, 3.63) is 0 Å². The van der Waals surface area contributed by atoms with Crippen LogP contribution in [0.5, 0.6) is 0 Å². The molecule has 0 aromatic heterocycles. The number of amides is 3. The summed E-state index contributed by atoms with van der Waals surface area (Å²) in [5.74, 6) is -1.85. The van der Waals surface area contributed by atoms with Crippen LogP contribution in [0.15, 0.2) is 0 Å². The first kappa shape index (κ1) is 25.2. The van der Waals surface area contributed by atoms with E-state index in [0.717, 1.165) is 0 Å². The monoisotopic (exact) mass is 430 g/mol. The lowest BCUT2D eigenvalue weighted by Crippen LogP contribution is -2.58. The molecular weight excluding hydrogens is 396 g/mol. The summed E-state index contributed by atoms with van der Waals surface area (Å²) in [5, 5.41) is 14.6. The van der Waals surface area contributed by atoms with E-state index in [1.807, 2.05) is 20.1 Å². The number of thioether (sulfide) groups is 1. The van der Waals surface area contributed by atoms with Gasteiger partial charge in [-0.3, -0.25) is 14.4 Å². The van der Waals surface area contributed by atoms with Crippen LogP contribution in [0.1, 0.15) is 46.5 Å². The number of hydrogen-bond donors (Lipinski definition) is 4.